The molecule has 2 N–H and O–H groups in total. The van der Waals surface area contributed by atoms with Crippen molar-refractivity contribution in [3.63, 3.8) is 0 Å². The highest BCUT2D eigenvalue weighted by Crippen LogP contribution is 2.39. The molecule has 1 aliphatic carbocycles. The molecule has 1 aromatic rings. The van der Waals surface area contributed by atoms with E-state index >= 15 is 0 Å². The number of carbonyl (C=O) groups excluding carboxylic acids is 2. The zero-order valence-electron chi connectivity index (χ0n) is 23.0. The van der Waals surface area contributed by atoms with Gasteiger partial charge in [0.25, 0.3) is 5.91 Å². The Morgan fingerprint density at radius 1 is 1.11 bits per heavy atom. The van der Waals surface area contributed by atoms with E-state index in [4.69, 9.17) is 11.6 Å². The van der Waals surface area contributed by atoms with Crippen LogP contribution in [0.15, 0.2) is 53.3 Å². The summed E-state index contributed by atoms with van der Waals surface area (Å²) >= 11 is 6.15. The highest BCUT2D eigenvalue weighted by molar-refractivity contribution is 6.22. The Bertz CT molecular complexity index is 1080. The molecule has 0 aromatic heterocycles. The number of likely N-dealkylation sites (tertiary alicyclic amines) is 1. The summed E-state index contributed by atoms with van der Waals surface area (Å²) in [5.41, 5.74) is 3.40. The third kappa shape index (κ3) is 5.59. The lowest BCUT2D eigenvalue weighted by Gasteiger charge is -2.41. The Kier molecular flexibility index (Phi) is 8.34. The van der Waals surface area contributed by atoms with Crippen molar-refractivity contribution in [1.82, 2.24) is 25.3 Å². The van der Waals surface area contributed by atoms with E-state index < -0.39 is 0 Å². The molecule has 7 nitrogen and oxygen atoms in total. The summed E-state index contributed by atoms with van der Waals surface area (Å²) in [5, 5.41) is 6.22. The fraction of sp³-hybridized carbons (Fsp3) is 0.600. The summed E-state index contributed by atoms with van der Waals surface area (Å²) < 4.78 is 0. The molecule has 38 heavy (non-hydrogen) atoms. The van der Waals surface area contributed by atoms with E-state index in [2.05, 4.69) is 56.5 Å². The molecular formula is C30H42ClN5O2. The molecule has 3 fully saturated rings. The first-order chi connectivity index (χ1) is 18.3. The van der Waals surface area contributed by atoms with Crippen LogP contribution in [0.4, 0.5) is 4.79 Å². The Hall–Kier alpha value is -2.51. The number of nitrogens with zero attached hydrogens (tertiary/aromatic N) is 3. The van der Waals surface area contributed by atoms with Gasteiger partial charge in [-0.25, -0.2) is 4.79 Å². The van der Waals surface area contributed by atoms with Gasteiger partial charge < -0.3 is 25.3 Å². The summed E-state index contributed by atoms with van der Waals surface area (Å²) in [6.07, 6.45) is 8.27. The van der Waals surface area contributed by atoms with E-state index in [1.807, 2.05) is 26.0 Å². The van der Waals surface area contributed by atoms with Crippen LogP contribution in [-0.2, 0) is 4.79 Å². The molecule has 2 saturated heterocycles. The average molecular weight is 540 g/mol. The number of allylic oxidation sites excluding steroid dienone is 1. The van der Waals surface area contributed by atoms with Gasteiger partial charge in [0.05, 0.1) is 11.6 Å². The minimum absolute atomic E-state index is 0.0475. The molecule has 8 heteroatoms. The average Bonchev–Trinajstić information content (AvgIpc) is 3.19. The zero-order chi connectivity index (χ0) is 26.8. The minimum atomic E-state index is -0.269. The minimum Gasteiger partial charge on any atom is -0.369 e. The topological polar surface area (TPSA) is 67.9 Å². The predicted molar refractivity (Wildman–Crippen MR) is 152 cm³/mol. The SMILES string of the molecule is CC1=CC(Cl)NC(C)=C1C(=O)NCCC(C)N1CCC(N2C(=O)N(C3CCC3)C[C@H]2c2ccccc2)CC1. The molecule has 2 unspecified atom stereocenters. The van der Waals surface area contributed by atoms with Gasteiger partial charge in [-0.3, -0.25) is 4.79 Å². The van der Waals surface area contributed by atoms with Gasteiger partial charge in [-0.2, -0.15) is 0 Å². The number of rotatable bonds is 8. The van der Waals surface area contributed by atoms with E-state index in [-0.39, 0.29) is 29.5 Å². The summed E-state index contributed by atoms with van der Waals surface area (Å²) in [7, 11) is 0. The molecule has 3 atom stereocenters. The monoisotopic (exact) mass is 539 g/mol. The quantitative estimate of drug-likeness (QED) is 0.369. The van der Waals surface area contributed by atoms with Crippen LogP contribution >= 0.6 is 11.6 Å². The highest BCUT2D eigenvalue weighted by Gasteiger charge is 2.46. The maximum absolute atomic E-state index is 13.6. The number of carbonyl (C=O) groups is 2. The standard InChI is InChI=1S/C30H42ClN5O2/c1-20-18-27(31)33-22(3)28(20)29(37)32-15-12-21(2)34-16-13-25(14-17-34)36-26(23-8-5-4-6-9-23)19-35(30(36)38)24-10-7-11-24/h4-6,8-9,18,21,24-27,33H,7,10-17,19H2,1-3H3,(H,32,37)/t21?,26-,27?/m0/s1. The molecule has 206 valence electrons. The molecule has 3 heterocycles. The number of amides is 3. The Morgan fingerprint density at radius 2 is 1.82 bits per heavy atom. The second kappa shape index (κ2) is 11.7. The normalized spacial score (nSPS) is 26.2. The van der Waals surface area contributed by atoms with Crippen molar-refractivity contribution in [3.05, 3.63) is 58.8 Å². The molecule has 0 bridgehead atoms. The number of benzene rings is 1. The smallest absolute Gasteiger partial charge is 0.321 e. The van der Waals surface area contributed by atoms with Crippen molar-refractivity contribution in [1.29, 1.82) is 0 Å². The molecule has 1 aromatic carbocycles. The molecular weight excluding hydrogens is 498 g/mol. The van der Waals surface area contributed by atoms with E-state index in [9.17, 15) is 9.59 Å². The molecule has 3 amide bonds. The van der Waals surface area contributed by atoms with E-state index in [0.717, 1.165) is 63.0 Å². The van der Waals surface area contributed by atoms with Crippen molar-refractivity contribution in [2.24, 2.45) is 0 Å². The lowest BCUT2D eigenvalue weighted by molar-refractivity contribution is -0.117. The molecule has 0 radical (unpaired) electrons. The second-order valence-corrected chi connectivity index (χ2v) is 11.9. The first-order valence-corrected chi connectivity index (χ1v) is 14.7. The fourth-order valence-electron chi connectivity index (χ4n) is 6.53. The van der Waals surface area contributed by atoms with Crippen LogP contribution < -0.4 is 10.6 Å². The molecule has 4 aliphatic rings. The number of hydrogen-bond acceptors (Lipinski definition) is 4. The van der Waals surface area contributed by atoms with Crippen molar-refractivity contribution < 1.29 is 9.59 Å². The summed E-state index contributed by atoms with van der Waals surface area (Å²) in [5.74, 6) is -0.0475. The third-order valence-corrected chi connectivity index (χ3v) is 9.22. The number of nitrogens with one attached hydrogen (secondary N) is 2. The zero-order valence-corrected chi connectivity index (χ0v) is 23.7. The number of dihydropyridines is 1. The maximum Gasteiger partial charge on any atom is 0.321 e. The van der Waals surface area contributed by atoms with Crippen molar-refractivity contribution in [2.45, 2.75) is 89.0 Å². The highest BCUT2D eigenvalue weighted by atomic mass is 35.5. The number of halogens is 1. The van der Waals surface area contributed by atoms with Crippen LogP contribution in [0, 0.1) is 0 Å². The van der Waals surface area contributed by atoms with Crippen molar-refractivity contribution >= 4 is 23.5 Å². The Morgan fingerprint density at radius 3 is 2.45 bits per heavy atom. The molecule has 0 spiro atoms. The number of piperidine rings is 1. The van der Waals surface area contributed by atoms with Gasteiger partial charge in [-0.05, 0) is 76.5 Å². The van der Waals surface area contributed by atoms with Gasteiger partial charge in [0.1, 0.15) is 5.50 Å². The first kappa shape index (κ1) is 27.1. The fourth-order valence-corrected chi connectivity index (χ4v) is 6.88. The van der Waals surface area contributed by atoms with Crippen LogP contribution in [0.25, 0.3) is 0 Å². The lowest BCUT2D eigenvalue weighted by Crippen LogP contribution is -2.50. The van der Waals surface area contributed by atoms with Crippen molar-refractivity contribution in [2.75, 3.05) is 26.2 Å². The van der Waals surface area contributed by atoms with Gasteiger partial charge in [0.2, 0.25) is 0 Å². The Balaban J connectivity index is 1.14. The third-order valence-electron chi connectivity index (χ3n) is 8.98. The largest absolute Gasteiger partial charge is 0.369 e. The lowest BCUT2D eigenvalue weighted by atomic mass is 9.91. The van der Waals surface area contributed by atoms with Gasteiger partial charge in [0, 0.05) is 50.0 Å². The van der Waals surface area contributed by atoms with E-state index in [1.165, 1.54) is 12.0 Å². The summed E-state index contributed by atoms with van der Waals surface area (Å²) in [4.78, 5) is 33.3. The van der Waals surface area contributed by atoms with E-state index in [1.54, 1.807) is 0 Å². The molecule has 3 aliphatic heterocycles. The van der Waals surface area contributed by atoms with Crippen molar-refractivity contribution in [3.8, 4) is 0 Å². The van der Waals surface area contributed by atoms with Crippen LogP contribution in [0.2, 0.25) is 0 Å². The van der Waals surface area contributed by atoms with Crippen LogP contribution in [-0.4, -0.2) is 76.4 Å². The molecule has 1 saturated carbocycles. The van der Waals surface area contributed by atoms with Crippen LogP contribution in [0.5, 0.6) is 0 Å². The summed E-state index contributed by atoms with van der Waals surface area (Å²) in [6.45, 7) is 9.46. The summed E-state index contributed by atoms with van der Waals surface area (Å²) in [6, 6.07) is 12.0. The first-order valence-electron chi connectivity index (χ1n) is 14.3. The molecule has 5 rings (SSSR count). The predicted octanol–water partition coefficient (Wildman–Crippen LogP) is 4.77. The van der Waals surface area contributed by atoms with Gasteiger partial charge in [-0.15, -0.1) is 0 Å². The van der Waals surface area contributed by atoms with E-state index in [0.29, 0.717) is 24.2 Å². The van der Waals surface area contributed by atoms with Gasteiger partial charge >= 0.3 is 6.03 Å². The van der Waals surface area contributed by atoms with Gasteiger partial charge in [-0.1, -0.05) is 41.9 Å². The number of alkyl halides is 1. The van der Waals surface area contributed by atoms with Gasteiger partial charge in [0.15, 0.2) is 0 Å². The van der Waals surface area contributed by atoms with Crippen LogP contribution in [0.3, 0.4) is 0 Å². The second-order valence-electron chi connectivity index (χ2n) is 11.4. The number of hydrogen-bond donors (Lipinski definition) is 2. The number of urea groups is 1. The maximum atomic E-state index is 13.6. The Labute approximate surface area is 232 Å². The van der Waals surface area contributed by atoms with Crippen LogP contribution in [0.1, 0.15) is 70.9 Å².